The first-order chi connectivity index (χ1) is 11.2. The Morgan fingerprint density at radius 1 is 1.26 bits per heavy atom. The molecule has 0 unspecified atom stereocenters. The minimum atomic E-state index is -0.173. The van der Waals surface area contributed by atoms with Gasteiger partial charge in [0.25, 0.3) is 5.56 Å². The molecule has 4 rings (SSSR count). The lowest BCUT2D eigenvalue weighted by Crippen LogP contribution is -2.25. The first kappa shape index (κ1) is 14.0. The summed E-state index contributed by atoms with van der Waals surface area (Å²) in [6.07, 6.45) is 13.4. The molecule has 1 fully saturated rings. The van der Waals surface area contributed by atoms with E-state index in [1.54, 1.807) is 10.8 Å². The number of allylic oxidation sites excluding steroid dienone is 4. The standard InChI is InChI=1S/C17H19N5O/c18-14-9-15(23)22(12-7-4-8-12)16-13(14)10-19-17(21-16)20-11-5-2-1-3-6-11/h4,7-11H,1-3,5-6,18H2,(H,19,20,21). The molecule has 118 valence electrons. The van der Waals surface area contributed by atoms with E-state index in [0.29, 0.717) is 28.7 Å². The molecular formula is C17H19N5O. The van der Waals surface area contributed by atoms with E-state index in [0.717, 1.165) is 18.5 Å². The predicted molar refractivity (Wildman–Crippen MR) is 92.1 cm³/mol. The number of nitrogens with one attached hydrogen (secondary N) is 1. The van der Waals surface area contributed by atoms with Crippen molar-refractivity contribution in [3.8, 4) is 0 Å². The maximum absolute atomic E-state index is 12.3. The average molecular weight is 309 g/mol. The monoisotopic (exact) mass is 309 g/mol. The molecule has 0 atom stereocenters. The van der Waals surface area contributed by atoms with Crippen LogP contribution in [-0.4, -0.2) is 20.6 Å². The summed E-state index contributed by atoms with van der Waals surface area (Å²) in [6.45, 7) is 0. The fourth-order valence-electron chi connectivity index (χ4n) is 3.21. The Morgan fingerprint density at radius 2 is 2.04 bits per heavy atom. The van der Waals surface area contributed by atoms with Gasteiger partial charge in [0, 0.05) is 24.0 Å². The van der Waals surface area contributed by atoms with E-state index in [-0.39, 0.29) is 5.56 Å². The zero-order valence-corrected chi connectivity index (χ0v) is 12.8. The molecule has 2 aromatic heterocycles. The number of pyridine rings is 1. The summed E-state index contributed by atoms with van der Waals surface area (Å²) < 4.78 is 1.58. The van der Waals surface area contributed by atoms with Crippen molar-refractivity contribution in [1.82, 2.24) is 14.5 Å². The molecular weight excluding hydrogens is 290 g/mol. The Kier molecular flexibility index (Phi) is 3.37. The normalized spacial score (nSPS) is 17.8. The van der Waals surface area contributed by atoms with E-state index in [2.05, 4.69) is 15.3 Å². The van der Waals surface area contributed by atoms with Gasteiger partial charge in [0.15, 0.2) is 5.65 Å². The van der Waals surface area contributed by atoms with Crippen molar-refractivity contribution in [3.63, 3.8) is 0 Å². The van der Waals surface area contributed by atoms with Crippen molar-refractivity contribution in [2.45, 2.75) is 38.1 Å². The van der Waals surface area contributed by atoms with Crippen molar-refractivity contribution in [3.05, 3.63) is 40.8 Å². The van der Waals surface area contributed by atoms with Gasteiger partial charge in [0.2, 0.25) is 5.95 Å². The van der Waals surface area contributed by atoms with Crippen molar-refractivity contribution >= 4 is 28.4 Å². The van der Waals surface area contributed by atoms with Gasteiger partial charge in [-0.25, -0.2) is 4.98 Å². The van der Waals surface area contributed by atoms with Crippen LogP contribution < -0.4 is 16.6 Å². The molecule has 2 aliphatic rings. The third-order valence-electron chi connectivity index (χ3n) is 4.52. The molecule has 2 aromatic rings. The van der Waals surface area contributed by atoms with Crippen LogP contribution in [0.2, 0.25) is 0 Å². The van der Waals surface area contributed by atoms with Gasteiger partial charge in [0.1, 0.15) is 0 Å². The first-order valence-corrected chi connectivity index (χ1v) is 8.06. The highest BCUT2D eigenvalue weighted by molar-refractivity contribution is 5.90. The number of nitrogens with two attached hydrogens (primary N) is 1. The van der Waals surface area contributed by atoms with E-state index in [9.17, 15) is 4.79 Å². The second-order valence-electron chi connectivity index (χ2n) is 6.13. The van der Waals surface area contributed by atoms with Crippen LogP contribution in [0.15, 0.2) is 35.3 Å². The molecule has 2 heterocycles. The Morgan fingerprint density at radius 3 is 2.74 bits per heavy atom. The third kappa shape index (κ3) is 2.50. The van der Waals surface area contributed by atoms with Crippen LogP contribution >= 0.6 is 0 Å². The summed E-state index contributed by atoms with van der Waals surface area (Å²) in [7, 11) is 0. The van der Waals surface area contributed by atoms with E-state index >= 15 is 0 Å². The molecule has 0 spiro atoms. The van der Waals surface area contributed by atoms with Crippen LogP contribution in [0.1, 0.15) is 32.1 Å². The summed E-state index contributed by atoms with van der Waals surface area (Å²) >= 11 is 0. The summed E-state index contributed by atoms with van der Waals surface area (Å²) in [5, 5.41) is 4.09. The number of aromatic nitrogens is 3. The smallest absolute Gasteiger partial charge is 0.258 e. The summed E-state index contributed by atoms with van der Waals surface area (Å²) in [5.41, 5.74) is 7.58. The van der Waals surface area contributed by atoms with Crippen molar-refractivity contribution in [1.29, 1.82) is 0 Å². The highest BCUT2D eigenvalue weighted by Crippen LogP contribution is 2.24. The fourth-order valence-corrected chi connectivity index (χ4v) is 3.21. The number of nitrogens with zero attached hydrogens (tertiary/aromatic N) is 3. The van der Waals surface area contributed by atoms with Gasteiger partial charge in [-0.15, -0.1) is 0 Å². The molecule has 0 aliphatic heterocycles. The first-order valence-electron chi connectivity index (χ1n) is 8.06. The second-order valence-corrected chi connectivity index (χ2v) is 6.13. The minimum Gasteiger partial charge on any atom is -0.398 e. The molecule has 23 heavy (non-hydrogen) atoms. The van der Waals surface area contributed by atoms with E-state index in [1.807, 2.05) is 18.2 Å². The van der Waals surface area contributed by atoms with Gasteiger partial charge in [0.05, 0.1) is 11.1 Å². The molecule has 0 bridgehead atoms. The van der Waals surface area contributed by atoms with Crippen molar-refractivity contribution in [2.75, 3.05) is 11.1 Å². The number of hydrogen-bond donors (Lipinski definition) is 2. The van der Waals surface area contributed by atoms with Gasteiger partial charge < -0.3 is 11.1 Å². The Balaban J connectivity index is 1.78. The average Bonchev–Trinajstić information content (AvgIpc) is 2.50. The molecule has 6 nitrogen and oxygen atoms in total. The maximum atomic E-state index is 12.3. The Labute approximate surface area is 133 Å². The van der Waals surface area contributed by atoms with Crippen LogP contribution in [0.25, 0.3) is 16.7 Å². The largest absolute Gasteiger partial charge is 0.398 e. The van der Waals surface area contributed by atoms with E-state index in [1.165, 1.54) is 25.3 Å². The minimum absolute atomic E-state index is 0.173. The number of rotatable bonds is 3. The van der Waals surface area contributed by atoms with Crippen molar-refractivity contribution < 1.29 is 0 Å². The predicted octanol–water partition coefficient (Wildman–Crippen LogP) is 2.53. The number of hydrogen-bond acceptors (Lipinski definition) is 5. The number of nitrogen functional groups attached to an aromatic ring is 1. The molecule has 0 aromatic carbocycles. The molecule has 0 radical (unpaired) electrons. The zero-order valence-electron chi connectivity index (χ0n) is 12.8. The maximum Gasteiger partial charge on any atom is 0.258 e. The lowest BCUT2D eigenvalue weighted by atomic mass is 9.96. The van der Waals surface area contributed by atoms with Gasteiger partial charge in [-0.05, 0) is 25.0 Å². The van der Waals surface area contributed by atoms with E-state index < -0.39 is 0 Å². The lowest BCUT2D eigenvalue weighted by Gasteiger charge is -2.23. The molecule has 6 heteroatoms. The summed E-state index contributed by atoms with van der Waals surface area (Å²) in [5.74, 6) is 0.562. The molecule has 2 aliphatic carbocycles. The van der Waals surface area contributed by atoms with Gasteiger partial charge >= 0.3 is 0 Å². The quantitative estimate of drug-likeness (QED) is 0.910. The van der Waals surface area contributed by atoms with Crippen LogP contribution in [0, 0.1) is 0 Å². The van der Waals surface area contributed by atoms with Gasteiger partial charge in [-0.2, -0.15) is 4.98 Å². The Hall–Kier alpha value is -2.63. The fraction of sp³-hybridized carbons (Fsp3) is 0.353. The SMILES string of the molecule is Nc1cc(=O)n(C2=CC=C2)c2nc(NC3CCCCC3)ncc12. The lowest BCUT2D eigenvalue weighted by molar-refractivity contribution is 0.461. The molecule has 0 saturated heterocycles. The van der Waals surface area contributed by atoms with Crippen LogP contribution in [0.5, 0.6) is 0 Å². The van der Waals surface area contributed by atoms with Crippen molar-refractivity contribution in [2.24, 2.45) is 0 Å². The summed E-state index contributed by atoms with van der Waals surface area (Å²) in [4.78, 5) is 21.3. The van der Waals surface area contributed by atoms with Crippen LogP contribution in [0.4, 0.5) is 11.6 Å². The highest BCUT2D eigenvalue weighted by Gasteiger charge is 2.17. The van der Waals surface area contributed by atoms with Crippen LogP contribution in [-0.2, 0) is 0 Å². The number of fused-ring (bicyclic) bond motifs is 1. The third-order valence-corrected chi connectivity index (χ3v) is 4.52. The molecule has 3 N–H and O–H groups in total. The molecule has 0 amide bonds. The van der Waals surface area contributed by atoms with Crippen LogP contribution in [0.3, 0.4) is 0 Å². The Bertz CT molecular complexity index is 874. The summed E-state index contributed by atoms with van der Waals surface area (Å²) in [6, 6.07) is 1.83. The number of anilines is 2. The topological polar surface area (TPSA) is 85.8 Å². The highest BCUT2D eigenvalue weighted by atomic mass is 16.1. The second kappa shape index (κ2) is 5.53. The van der Waals surface area contributed by atoms with Gasteiger partial charge in [-0.3, -0.25) is 9.36 Å². The van der Waals surface area contributed by atoms with Gasteiger partial charge in [-0.1, -0.05) is 25.3 Å². The van der Waals surface area contributed by atoms with E-state index in [4.69, 9.17) is 5.73 Å². The zero-order chi connectivity index (χ0) is 15.8. The molecule has 1 saturated carbocycles.